The zero-order valence-corrected chi connectivity index (χ0v) is 15.6. The van der Waals surface area contributed by atoms with Crippen molar-refractivity contribution in [3.63, 3.8) is 0 Å². The Hall–Kier alpha value is -0.120. The smallest absolute Gasteiger partial charge is 0.323 e. The van der Waals surface area contributed by atoms with Crippen LogP contribution in [0, 0.1) is 11.6 Å². The van der Waals surface area contributed by atoms with Crippen LogP contribution in [0.5, 0.6) is 0 Å². The predicted molar refractivity (Wildman–Crippen MR) is 85.4 cm³/mol. The molecule has 2 N–H and O–H groups in total. The zero-order valence-electron chi connectivity index (χ0n) is 10.6. The van der Waals surface area contributed by atoms with Gasteiger partial charge in [0.25, 0.3) is 0 Å². The lowest BCUT2D eigenvalue weighted by atomic mass is 10.1. The third-order valence-corrected chi connectivity index (χ3v) is 2.75. The zero-order chi connectivity index (χ0) is 13.7. The van der Waals surface area contributed by atoms with Gasteiger partial charge in [-0.15, -0.1) is 34.0 Å². The number of rotatable bonds is 5. The first kappa shape index (κ1) is 22.2. The van der Waals surface area contributed by atoms with Crippen LogP contribution in [0.3, 0.4) is 0 Å². The second-order valence-electron chi connectivity index (χ2n) is 3.67. The first-order valence-electron chi connectivity index (χ1n) is 5.38. The highest BCUT2D eigenvalue weighted by Gasteiger charge is 2.21. The SMILES string of the molecule is Br.Br.CCCOC(=O)C(N)Cc1c(F)cnc(Br)c1F. The van der Waals surface area contributed by atoms with Gasteiger partial charge in [-0.3, -0.25) is 4.79 Å². The van der Waals surface area contributed by atoms with Crippen LogP contribution in [0.2, 0.25) is 0 Å². The molecule has 1 aromatic heterocycles. The van der Waals surface area contributed by atoms with Crippen molar-refractivity contribution in [2.75, 3.05) is 6.61 Å². The van der Waals surface area contributed by atoms with Crippen molar-refractivity contribution in [1.82, 2.24) is 4.98 Å². The molecular formula is C11H15Br3F2N2O2. The highest BCUT2D eigenvalue weighted by atomic mass is 79.9. The number of pyridine rings is 1. The maximum Gasteiger partial charge on any atom is 0.323 e. The molecule has 0 aromatic carbocycles. The molecule has 1 rings (SSSR count). The lowest BCUT2D eigenvalue weighted by Crippen LogP contribution is -2.35. The summed E-state index contributed by atoms with van der Waals surface area (Å²) in [4.78, 5) is 14.8. The van der Waals surface area contributed by atoms with Crippen molar-refractivity contribution >= 4 is 55.9 Å². The molecule has 0 aliphatic rings. The van der Waals surface area contributed by atoms with Crippen LogP contribution in [0.25, 0.3) is 0 Å². The van der Waals surface area contributed by atoms with E-state index >= 15 is 0 Å². The molecule has 20 heavy (non-hydrogen) atoms. The van der Waals surface area contributed by atoms with E-state index in [0.717, 1.165) is 6.20 Å². The molecule has 0 saturated carbocycles. The fourth-order valence-corrected chi connectivity index (χ4v) is 1.62. The van der Waals surface area contributed by atoms with Gasteiger partial charge >= 0.3 is 5.97 Å². The first-order chi connectivity index (χ1) is 8.47. The van der Waals surface area contributed by atoms with Crippen LogP contribution >= 0.6 is 49.9 Å². The van der Waals surface area contributed by atoms with Crippen LogP contribution in [-0.2, 0) is 16.0 Å². The van der Waals surface area contributed by atoms with Gasteiger partial charge in [-0.05, 0) is 22.4 Å². The summed E-state index contributed by atoms with van der Waals surface area (Å²) in [7, 11) is 0. The molecule has 4 nitrogen and oxygen atoms in total. The van der Waals surface area contributed by atoms with E-state index < -0.39 is 23.6 Å². The lowest BCUT2D eigenvalue weighted by molar-refractivity contribution is -0.145. The van der Waals surface area contributed by atoms with Gasteiger partial charge in [0.2, 0.25) is 0 Å². The van der Waals surface area contributed by atoms with Crippen molar-refractivity contribution in [3.8, 4) is 0 Å². The highest BCUT2D eigenvalue weighted by Crippen LogP contribution is 2.20. The number of nitrogens with zero attached hydrogens (tertiary/aromatic N) is 1. The summed E-state index contributed by atoms with van der Waals surface area (Å²) in [6, 6.07) is -1.10. The molecule has 1 atom stereocenters. The summed E-state index contributed by atoms with van der Waals surface area (Å²) < 4.78 is 31.6. The fraction of sp³-hybridized carbons (Fsp3) is 0.455. The van der Waals surface area contributed by atoms with E-state index in [0.29, 0.717) is 6.42 Å². The van der Waals surface area contributed by atoms with Gasteiger partial charge in [0, 0.05) is 12.0 Å². The van der Waals surface area contributed by atoms with E-state index in [1.54, 1.807) is 0 Å². The molecule has 9 heteroatoms. The van der Waals surface area contributed by atoms with Gasteiger partial charge in [0.15, 0.2) is 5.82 Å². The number of nitrogens with two attached hydrogens (primary N) is 1. The summed E-state index contributed by atoms with van der Waals surface area (Å²) in [5, 5.41) is 0. The fourth-order valence-electron chi connectivity index (χ4n) is 1.28. The van der Waals surface area contributed by atoms with Crippen LogP contribution in [0.1, 0.15) is 18.9 Å². The van der Waals surface area contributed by atoms with Crippen molar-refractivity contribution in [3.05, 3.63) is 28.0 Å². The second-order valence-corrected chi connectivity index (χ2v) is 4.42. The average Bonchev–Trinajstić information content (AvgIpc) is 2.36. The second kappa shape index (κ2) is 10.6. The van der Waals surface area contributed by atoms with Crippen LogP contribution in [-0.4, -0.2) is 23.6 Å². The Labute approximate surface area is 145 Å². The number of ether oxygens (including phenoxy) is 1. The normalized spacial score (nSPS) is 11.1. The van der Waals surface area contributed by atoms with Gasteiger partial charge < -0.3 is 10.5 Å². The quantitative estimate of drug-likeness (QED) is 0.515. The van der Waals surface area contributed by atoms with Crippen molar-refractivity contribution in [2.45, 2.75) is 25.8 Å². The maximum atomic E-state index is 13.6. The number of halogens is 5. The molecule has 0 radical (unpaired) electrons. The van der Waals surface area contributed by atoms with Crippen LogP contribution < -0.4 is 5.73 Å². The molecule has 0 saturated heterocycles. The van der Waals surface area contributed by atoms with Crippen molar-refractivity contribution < 1.29 is 18.3 Å². The molecular weight excluding hydrogens is 470 g/mol. The Morgan fingerprint density at radius 1 is 1.50 bits per heavy atom. The Morgan fingerprint density at radius 2 is 2.10 bits per heavy atom. The Bertz CT molecular complexity index is 450. The predicted octanol–water partition coefficient (Wildman–Crippen LogP) is 3.10. The summed E-state index contributed by atoms with van der Waals surface area (Å²) in [6.07, 6.45) is 1.25. The maximum absolute atomic E-state index is 13.6. The van der Waals surface area contributed by atoms with Gasteiger partial charge in [0.1, 0.15) is 16.5 Å². The van der Waals surface area contributed by atoms with E-state index in [9.17, 15) is 13.6 Å². The Morgan fingerprint density at radius 3 is 2.65 bits per heavy atom. The molecule has 0 aliphatic heterocycles. The monoisotopic (exact) mass is 482 g/mol. The van der Waals surface area contributed by atoms with E-state index in [-0.39, 0.29) is 57.2 Å². The minimum Gasteiger partial charge on any atom is -0.465 e. The van der Waals surface area contributed by atoms with Crippen molar-refractivity contribution in [1.29, 1.82) is 0 Å². The summed E-state index contributed by atoms with van der Waals surface area (Å²) in [5.41, 5.74) is 5.25. The van der Waals surface area contributed by atoms with E-state index in [4.69, 9.17) is 10.5 Å². The third-order valence-electron chi connectivity index (χ3n) is 2.20. The Kier molecular flexibility index (Phi) is 11.7. The van der Waals surface area contributed by atoms with Gasteiger partial charge in [-0.25, -0.2) is 13.8 Å². The molecule has 0 bridgehead atoms. The number of carbonyl (C=O) groups excluding carboxylic acids is 1. The number of hydrogen-bond acceptors (Lipinski definition) is 4. The average molecular weight is 485 g/mol. The summed E-state index contributed by atoms with van der Waals surface area (Å²) in [6.45, 7) is 2.07. The van der Waals surface area contributed by atoms with E-state index in [1.165, 1.54) is 0 Å². The molecule has 0 fully saturated rings. The number of carbonyl (C=O) groups is 1. The van der Waals surface area contributed by atoms with Gasteiger partial charge in [-0.2, -0.15) is 0 Å². The van der Waals surface area contributed by atoms with Gasteiger partial charge in [0.05, 0.1) is 12.8 Å². The summed E-state index contributed by atoms with van der Waals surface area (Å²) in [5.74, 6) is -2.37. The van der Waals surface area contributed by atoms with E-state index in [2.05, 4.69) is 20.9 Å². The van der Waals surface area contributed by atoms with Gasteiger partial charge in [-0.1, -0.05) is 6.92 Å². The Balaban J connectivity index is 0. The number of esters is 1. The largest absolute Gasteiger partial charge is 0.465 e. The number of hydrogen-bond donors (Lipinski definition) is 1. The molecule has 0 aliphatic carbocycles. The minimum atomic E-state index is -1.10. The molecule has 116 valence electrons. The molecule has 1 unspecified atom stereocenters. The first-order valence-corrected chi connectivity index (χ1v) is 6.17. The highest BCUT2D eigenvalue weighted by molar-refractivity contribution is 9.10. The van der Waals surface area contributed by atoms with Crippen LogP contribution in [0.4, 0.5) is 8.78 Å². The molecule has 0 spiro atoms. The number of aromatic nitrogens is 1. The molecule has 0 amide bonds. The standard InChI is InChI=1S/C11H13BrF2N2O2.2BrH/c1-2-3-18-11(17)8(15)4-6-7(13)5-16-10(12)9(6)14;;/h5,8H,2-4,15H2,1H3;2*1H. The third kappa shape index (κ3) is 6.11. The topological polar surface area (TPSA) is 65.2 Å². The van der Waals surface area contributed by atoms with Crippen molar-refractivity contribution in [2.24, 2.45) is 5.73 Å². The summed E-state index contributed by atoms with van der Waals surface area (Å²) >= 11 is 2.84. The van der Waals surface area contributed by atoms with E-state index in [1.807, 2.05) is 6.92 Å². The van der Waals surface area contributed by atoms with Crippen LogP contribution in [0.15, 0.2) is 10.8 Å². The lowest BCUT2D eigenvalue weighted by Gasteiger charge is -2.12. The molecule has 1 heterocycles. The molecule has 1 aromatic rings. The minimum absolute atomic E-state index is 0.